The van der Waals surface area contributed by atoms with Crippen molar-refractivity contribution in [2.24, 2.45) is 20.0 Å². The average Bonchev–Trinajstić information content (AvgIpc) is 2.71. The Morgan fingerprint density at radius 3 is 1.03 bits per heavy atom. The quantitative estimate of drug-likeness (QED) is 0.521. The summed E-state index contributed by atoms with van der Waals surface area (Å²) >= 11 is 0. The van der Waals surface area contributed by atoms with Crippen molar-refractivity contribution in [1.29, 1.82) is 0 Å². The van der Waals surface area contributed by atoms with Gasteiger partial charge < -0.3 is 10.2 Å². The molecule has 3 rings (SSSR count). The molecule has 0 amide bonds. The number of benzene rings is 2. The molecule has 172 valence electrons. The van der Waals surface area contributed by atoms with Crippen molar-refractivity contribution in [3.63, 3.8) is 0 Å². The minimum atomic E-state index is 0. The SMILES string of the molecule is Cc1cc2c(O)c(c1)C=NCCCN=Cc1cc(C)cc(c1O)C=NCCCN=C2.[Fe].[Fe]. The molecule has 0 aromatic heterocycles. The second kappa shape index (κ2) is 14.0. The second-order valence-electron chi connectivity index (χ2n) is 7.43. The summed E-state index contributed by atoms with van der Waals surface area (Å²) in [5.74, 6) is 0.394. The number of fused-ring (bicyclic) bond motifs is 4. The third-order valence-electron chi connectivity index (χ3n) is 4.70. The molecule has 0 spiro atoms. The molecule has 0 saturated heterocycles. The first-order valence-electron chi connectivity index (χ1n) is 10.2. The first kappa shape index (κ1) is 27.8. The average molecular weight is 516 g/mol. The topological polar surface area (TPSA) is 89.9 Å². The van der Waals surface area contributed by atoms with E-state index < -0.39 is 0 Å². The van der Waals surface area contributed by atoms with Crippen molar-refractivity contribution in [2.75, 3.05) is 26.2 Å². The van der Waals surface area contributed by atoms with Crippen molar-refractivity contribution >= 4 is 24.9 Å². The van der Waals surface area contributed by atoms with Gasteiger partial charge in [-0.1, -0.05) is 0 Å². The van der Waals surface area contributed by atoms with Crippen LogP contribution in [-0.2, 0) is 34.1 Å². The summed E-state index contributed by atoms with van der Waals surface area (Å²) in [6.45, 7) is 6.39. The van der Waals surface area contributed by atoms with Crippen LogP contribution in [0.2, 0.25) is 0 Å². The summed E-state index contributed by atoms with van der Waals surface area (Å²) in [6.07, 6.45) is 8.36. The van der Waals surface area contributed by atoms with E-state index in [4.69, 9.17) is 0 Å². The van der Waals surface area contributed by atoms with Crippen molar-refractivity contribution in [3.05, 3.63) is 57.6 Å². The van der Waals surface area contributed by atoms with E-state index in [1.807, 2.05) is 38.1 Å². The van der Waals surface area contributed by atoms with Gasteiger partial charge in [-0.25, -0.2) is 0 Å². The Balaban J connectivity index is 0.00000256. The fourth-order valence-corrected chi connectivity index (χ4v) is 3.22. The van der Waals surface area contributed by atoms with Gasteiger partial charge in [0.15, 0.2) is 0 Å². The standard InChI is InChI=1S/C24H28N4O2.2Fe/c1-17-9-19-13-25-5-3-7-27-15-21-11-18(2)12-22(24(21)30)16-28-8-4-6-26-14-20(10-17)23(19)29;;/h9-16,29-30H,3-8H2,1-2H3;;. The maximum atomic E-state index is 10.5. The summed E-state index contributed by atoms with van der Waals surface area (Å²) in [5.41, 5.74) is 4.85. The number of hydrogen-bond acceptors (Lipinski definition) is 6. The van der Waals surface area contributed by atoms with Crippen LogP contribution in [0.15, 0.2) is 44.2 Å². The van der Waals surface area contributed by atoms with E-state index in [1.54, 1.807) is 24.9 Å². The van der Waals surface area contributed by atoms with E-state index in [-0.39, 0.29) is 45.6 Å². The summed E-state index contributed by atoms with van der Waals surface area (Å²) < 4.78 is 0. The smallest absolute Gasteiger partial charge is 0.133 e. The number of aromatic hydroxyl groups is 2. The third kappa shape index (κ3) is 8.03. The van der Waals surface area contributed by atoms with Gasteiger partial charge in [-0.2, -0.15) is 0 Å². The third-order valence-corrected chi connectivity index (χ3v) is 4.70. The van der Waals surface area contributed by atoms with Crippen LogP contribution in [0.25, 0.3) is 0 Å². The molecule has 0 saturated carbocycles. The van der Waals surface area contributed by atoms with Gasteiger partial charge in [0.05, 0.1) is 0 Å². The van der Waals surface area contributed by atoms with Crippen molar-refractivity contribution in [3.8, 4) is 11.5 Å². The minimum absolute atomic E-state index is 0. The summed E-state index contributed by atoms with van der Waals surface area (Å²) in [7, 11) is 0. The van der Waals surface area contributed by atoms with Crippen LogP contribution in [0.3, 0.4) is 0 Å². The van der Waals surface area contributed by atoms with Crippen LogP contribution in [0.4, 0.5) is 0 Å². The van der Waals surface area contributed by atoms with Gasteiger partial charge in [0.2, 0.25) is 0 Å². The molecular formula is C24H28Fe2N4O2. The van der Waals surface area contributed by atoms with Gasteiger partial charge in [0.1, 0.15) is 11.5 Å². The van der Waals surface area contributed by atoms with Crippen LogP contribution < -0.4 is 0 Å². The number of nitrogens with zero attached hydrogens (tertiary/aromatic N) is 4. The molecule has 0 atom stereocenters. The molecule has 0 fully saturated rings. The van der Waals surface area contributed by atoms with Gasteiger partial charge in [-0.15, -0.1) is 0 Å². The molecule has 2 N–H and O–H groups in total. The molecule has 1 heterocycles. The minimum Gasteiger partial charge on any atom is -0.507 e. The van der Waals surface area contributed by atoms with Gasteiger partial charge >= 0.3 is 0 Å². The molecule has 1 aliphatic rings. The fourth-order valence-electron chi connectivity index (χ4n) is 3.22. The predicted molar refractivity (Wildman–Crippen MR) is 125 cm³/mol. The Kier molecular flexibility index (Phi) is 12.2. The largest absolute Gasteiger partial charge is 0.507 e. The fraction of sp³-hybridized carbons (Fsp3) is 0.333. The molecule has 1 aliphatic heterocycles. The zero-order chi connectivity index (χ0) is 21.3. The maximum Gasteiger partial charge on any atom is 0.133 e. The van der Waals surface area contributed by atoms with Crippen molar-refractivity contribution in [2.45, 2.75) is 26.7 Å². The Bertz CT molecular complexity index is 866. The molecule has 0 radical (unpaired) electrons. The first-order valence-corrected chi connectivity index (χ1v) is 10.2. The molecule has 0 aliphatic carbocycles. The van der Waals surface area contributed by atoms with Gasteiger partial charge in [0, 0.05) is 107 Å². The van der Waals surface area contributed by atoms with Gasteiger partial charge in [-0.3, -0.25) is 20.0 Å². The van der Waals surface area contributed by atoms with E-state index in [9.17, 15) is 10.2 Å². The van der Waals surface area contributed by atoms with E-state index in [0.717, 1.165) is 24.0 Å². The van der Waals surface area contributed by atoms with Crippen LogP contribution in [0.5, 0.6) is 11.5 Å². The molecule has 4 bridgehead atoms. The summed E-state index contributed by atoms with van der Waals surface area (Å²) in [4.78, 5) is 17.7. The van der Waals surface area contributed by atoms with E-state index in [0.29, 0.717) is 48.4 Å². The number of hydrogen-bond donors (Lipinski definition) is 2. The molecule has 6 nitrogen and oxygen atoms in total. The normalized spacial score (nSPS) is 14.3. The summed E-state index contributed by atoms with van der Waals surface area (Å²) in [5, 5.41) is 21.0. The van der Waals surface area contributed by atoms with Crippen LogP contribution >= 0.6 is 0 Å². The molecular weight excluding hydrogens is 488 g/mol. The van der Waals surface area contributed by atoms with Crippen LogP contribution in [0.1, 0.15) is 46.2 Å². The first-order chi connectivity index (χ1) is 14.5. The summed E-state index contributed by atoms with van der Waals surface area (Å²) in [6, 6.07) is 7.64. The Labute approximate surface area is 210 Å². The molecule has 2 aromatic carbocycles. The number of phenols is 2. The van der Waals surface area contributed by atoms with Crippen molar-refractivity contribution in [1.82, 2.24) is 0 Å². The van der Waals surface area contributed by atoms with Gasteiger partial charge in [-0.05, 0) is 62.1 Å². The zero-order valence-corrected chi connectivity index (χ0v) is 20.5. The Morgan fingerprint density at radius 1 is 0.531 bits per heavy atom. The molecule has 2 aromatic rings. The van der Waals surface area contributed by atoms with Crippen LogP contribution in [0, 0.1) is 13.8 Å². The monoisotopic (exact) mass is 516 g/mol. The molecule has 0 unspecified atom stereocenters. The number of rotatable bonds is 0. The Morgan fingerprint density at radius 2 is 0.781 bits per heavy atom. The predicted octanol–water partition coefficient (Wildman–Crippen LogP) is 3.88. The van der Waals surface area contributed by atoms with E-state index >= 15 is 0 Å². The molecule has 32 heavy (non-hydrogen) atoms. The maximum absolute atomic E-state index is 10.5. The number of phenolic OH excluding ortho intramolecular Hbond substituents is 2. The number of aryl methyl sites for hydroxylation is 2. The van der Waals surface area contributed by atoms with Gasteiger partial charge in [0.25, 0.3) is 0 Å². The molecule has 8 heteroatoms. The van der Waals surface area contributed by atoms with Crippen LogP contribution in [-0.4, -0.2) is 61.3 Å². The Hall–Kier alpha value is -2.24. The number of aliphatic imine (C=N–C) groups is 4. The second-order valence-corrected chi connectivity index (χ2v) is 7.43. The van der Waals surface area contributed by atoms with E-state index in [1.165, 1.54) is 0 Å². The zero-order valence-electron chi connectivity index (χ0n) is 18.3. The van der Waals surface area contributed by atoms with Crippen molar-refractivity contribution < 1.29 is 44.4 Å². The van der Waals surface area contributed by atoms with E-state index in [2.05, 4.69) is 20.0 Å².